The van der Waals surface area contributed by atoms with Crippen molar-refractivity contribution in [3.8, 4) is 0 Å². The highest BCUT2D eigenvalue weighted by molar-refractivity contribution is 5.86. The van der Waals surface area contributed by atoms with Gasteiger partial charge in [0, 0.05) is 6.54 Å². The molecule has 0 amide bonds. The van der Waals surface area contributed by atoms with Crippen LogP contribution in [0.25, 0.3) is 0 Å². The first-order valence-electron chi connectivity index (χ1n) is 6.98. The zero-order valence-electron chi connectivity index (χ0n) is 11.8. The Morgan fingerprint density at radius 1 is 1.47 bits per heavy atom. The van der Waals surface area contributed by atoms with Gasteiger partial charge >= 0.3 is 5.97 Å². The van der Waals surface area contributed by atoms with Crippen LogP contribution < -0.4 is 5.73 Å². The van der Waals surface area contributed by atoms with Crippen LogP contribution >= 0.6 is 0 Å². The van der Waals surface area contributed by atoms with E-state index in [1.54, 1.807) is 10.9 Å². The number of aromatic nitrogens is 3. The molecule has 0 aliphatic heterocycles. The first-order chi connectivity index (χ1) is 9.17. The largest absolute Gasteiger partial charge is 0.458 e. The average molecular weight is 268 g/mol. The van der Waals surface area contributed by atoms with Gasteiger partial charge in [0.15, 0.2) is 5.69 Å². The van der Waals surface area contributed by atoms with Crippen LogP contribution in [0.15, 0.2) is 6.20 Å². The second kappa shape index (κ2) is 8.63. The fraction of sp³-hybridized carbons (Fsp3) is 0.769. The number of carbonyl (C=O) groups excluding carboxylic acids is 1. The second-order valence-corrected chi connectivity index (χ2v) is 4.72. The SMILES string of the molecule is CCCCCCC(C)OC(=O)c1cn(CCN)nn1. The van der Waals surface area contributed by atoms with Crippen LogP contribution in [0, 0.1) is 0 Å². The van der Waals surface area contributed by atoms with E-state index < -0.39 is 5.97 Å². The maximum atomic E-state index is 11.8. The molecule has 1 aromatic heterocycles. The highest BCUT2D eigenvalue weighted by Crippen LogP contribution is 2.09. The summed E-state index contributed by atoms with van der Waals surface area (Å²) in [5.74, 6) is -0.411. The Morgan fingerprint density at radius 3 is 2.95 bits per heavy atom. The Morgan fingerprint density at radius 2 is 2.26 bits per heavy atom. The first kappa shape index (κ1) is 15.6. The molecule has 0 saturated heterocycles. The zero-order chi connectivity index (χ0) is 14.1. The van der Waals surface area contributed by atoms with Gasteiger partial charge in [-0.2, -0.15) is 0 Å². The van der Waals surface area contributed by atoms with E-state index >= 15 is 0 Å². The van der Waals surface area contributed by atoms with Gasteiger partial charge in [-0.15, -0.1) is 5.10 Å². The number of unbranched alkanes of at least 4 members (excludes halogenated alkanes) is 3. The number of hydrogen-bond donors (Lipinski definition) is 1. The number of ether oxygens (including phenoxy) is 1. The van der Waals surface area contributed by atoms with E-state index in [1.807, 2.05) is 6.92 Å². The number of nitrogens with two attached hydrogens (primary N) is 1. The van der Waals surface area contributed by atoms with Crippen LogP contribution in [-0.2, 0) is 11.3 Å². The van der Waals surface area contributed by atoms with Crippen LogP contribution in [-0.4, -0.2) is 33.6 Å². The molecule has 19 heavy (non-hydrogen) atoms. The molecule has 0 aromatic carbocycles. The minimum atomic E-state index is -0.411. The van der Waals surface area contributed by atoms with Gasteiger partial charge in [-0.25, -0.2) is 4.79 Å². The molecule has 0 radical (unpaired) electrons. The molecular formula is C13H24N4O2. The maximum Gasteiger partial charge on any atom is 0.360 e. The third-order valence-electron chi connectivity index (χ3n) is 2.88. The third kappa shape index (κ3) is 5.83. The van der Waals surface area contributed by atoms with Crippen molar-refractivity contribution in [3.63, 3.8) is 0 Å². The van der Waals surface area contributed by atoms with Crippen molar-refractivity contribution < 1.29 is 9.53 Å². The van der Waals surface area contributed by atoms with Crippen molar-refractivity contribution in [2.45, 2.75) is 58.6 Å². The van der Waals surface area contributed by atoms with Gasteiger partial charge in [0.1, 0.15) is 0 Å². The second-order valence-electron chi connectivity index (χ2n) is 4.72. The van der Waals surface area contributed by atoms with Gasteiger partial charge in [0.05, 0.1) is 18.8 Å². The van der Waals surface area contributed by atoms with Crippen molar-refractivity contribution in [2.24, 2.45) is 5.73 Å². The van der Waals surface area contributed by atoms with Gasteiger partial charge < -0.3 is 10.5 Å². The minimum absolute atomic E-state index is 0.0796. The first-order valence-corrected chi connectivity index (χ1v) is 6.98. The average Bonchev–Trinajstić information content (AvgIpc) is 2.84. The summed E-state index contributed by atoms with van der Waals surface area (Å²) in [4.78, 5) is 11.8. The third-order valence-corrected chi connectivity index (χ3v) is 2.88. The van der Waals surface area contributed by atoms with E-state index in [-0.39, 0.29) is 11.8 Å². The zero-order valence-corrected chi connectivity index (χ0v) is 11.8. The van der Waals surface area contributed by atoms with E-state index in [9.17, 15) is 4.79 Å². The van der Waals surface area contributed by atoms with Gasteiger partial charge in [0.2, 0.25) is 0 Å². The standard InChI is InChI=1S/C13H24N4O2/c1-3-4-5-6-7-11(2)19-13(18)12-10-17(9-8-14)16-15-12/h10-11H,3-9,14H2,1-2H3. The fourth-order valence-corrected chi connectivity index (χ4v) is 1.79. The lowest BCUT2D eigenvalue weighted by molar-refractivity contribution is 0.0312. The summed E-state index contributed by atoms with van der Waals surface area (Å²) in [6, 6.07) is 0. The van der Waals surface area contributed by atoms with Crippen molar-refractivity contribution in [3.05, 3.63) is 11.9 Å². The van der Waals surface area contributed by atoms with Crippen LogP contribution in [0.5, 0.6) is 0 Å². The molecule has 2 N–H and O–H groups in total. The number of esters is 1. The molecule has 0 aliphatic rings. The molecule has 0 bridgehead atoms. The summed E-state index contributed by atoms with van der Waals surface area (Å²) in [6.07, 6.45) is 7.09. The molecular weight excluding hydrogens is 244 g/mol. The summed E-state index contributed by atoms with van der Waals surface area (Å²) in [5, 5.41) is 7.59. The minimum Gasteiger partial charge on any atom is -0.458 e. The van der Waals surface area contributed by atoms with Crippen molar-refractivity contribution in [1.29, 1.82) is 0 Å². The smallest absolute Gasteiger partial charge is 0.360 e. The van der Waals surface area contributed by atoms with E-state index in [2.05, 4.69) is 17.2 Å². The number of rotatable bonds is 9. The Hall–Kier alpha value is -1.43. The molecule has 6 heteroatoms. The van der Waals surface area contributed by atoms with Crippen molar-refractivity contribution in [1.82, 2.24) is 15.0 Å². The van der Waals surface area contributed by atoms with Crippen molar-refractivity contribution in [2.75, 3.05) is 6.54 Å². The Balaban J connectivity index is 2.32. The van der Waals surface area contributed by atoms with Crippen LogP contribution in [0.3, 0.4) is 0 Å². The molecule has 0 spiro atoms. The highest BCUT2D eigenvalue weighted by atomic mass is 16.5. The number of hydrogen-bond acceptors (Lipinski definition) is 5. The predicted molar refractivity (Wildman–Crippen MR) is 72.7 cm³/mol. The number of nitrogens with zero attached hydrogens (tertiary/aromatic N) is 3. The fourth-order valence-electron chi connectivity index (χ4n) is 1.79. The van der Waals surface area contributed by atoms with E-state index in [1.165, 1.54) is 19.3 Å². The Bertz CT molecular complexity index is 378. The monoisotopic (exact) mass is 268 g/mol. The van der Waals surface area contributed by atoms with E-state index in [4.69, 9.17) is 10.5 Å². The molecule has 0 fully saturated rings. The van der Waals surface area contributed by atoms with E-state index in [0.29, 0.717) is 13.1 Å². The Kier molecular flexibility index (Phi) is 7.10. The Labute approximate surface area is 114 Å². The van der Waals surface area contributed by atoms with Gasteiger partial charge in [-0.1, -0.05) is 31.4 Å². The highest BCUT2D eigenvalue weighted by Gasteiger charge is 2.15. The summed E-state index contributed by atoms with van der Waals surface area (Å²) >= 11 is 0. The van der Waals surface area contributed by atoms with Gasteiger partial charge in [0.25, 0.3) is 0 Å². The van der Waals surface area contributed by atoms with E-state index in [0.717, 1.165) is 12.8 Å². The molecule has 1 rings (SSSR count). The molecule has 1 unspecified atom stereocenters. The summed E-state index contributed by atoms with van der Waals surface area (Å²) in [6.45, 7) is 5.10. The predicted octanol–water partition coefficient (Wildman–Crippen LogP) is 1.75. The maximum absolute atomic E-state index is 11.8. The molecule has 1 atom stereocenters. The van der Waals surface area contributed by atoms with Crippen LogP contribution in [0.2, 0.25) is 0 Å². The molecule has 1 aromatic rings. The lowest BCUT2D eigenvalue weighted by Gasteiger charge is -2.11. The topological polar surface area (TPSA) is 83.0 Å². The molecule has 1 heterocycles. The molecule has 0 saturated carbocycles. The van der Waals surface area contributed by atoms with Gasteiger partial charge in [-0.05, 0) is 19.8 Å². The summed E-state index contributed by atoms with van der Waals surface area (Å²) in [7, 11) is 0. The lowest BCUT2D eigenvalue weighted by Crippen LogP contribution is -2.15. The normalized spacial score (nSPS) is 12.4. The summed E-state index contributed by atoms with van der Waals surface area (Å²) < 4.78 is 6.87. The quantitative estimate of drug-likeness (QED) is 0.545. The van der Waals surface area contributed by atoms with Gasteiger partial charge in [-0.3, -0.25) is 4.68 Å². The van der Waals surface area contributed by atoms with Crippen molar-refractivity contribution >= 4 is 5.97 Å². The molecule has 0 aliphatic carbocycles. The summed E-state index contributed by atoms with van der Waals surface area (Å²) in [5.41, 5.74) is 5.65. The molecule has 108 valence electrons. The van der Waals surface area contributed by atoms with Crippen LogP contribution in [0.1, 0.15) is 56.4 Å². The van der Waals surface area contributed by atoms with Crippen LogP contribution in [0.4, 0.5) is 0 Å². The lowest BCUT2D eigenvalue weighted by atomic mass is 10.1. The molecule has 6 nitrogen and oxygen atoms in total. The number of carbonyl (C=O) groups is 1.